The van der Waals surface area contributed by atoms with E-state index in [1.807, 2.05) is 6.08 Å². The predicted octanol–water partition coefficient (Wildman–Crippen LogP) is 3.04. The average Bonchev–Trinajstić information content (AvgIpc) is 3.12. The number of likely N-dealkylation sites (tertiary alicyclic amines) is 1. The smallest absolute Gasteiger partial charge is 0.249 e. The number of piperidine rings is 1. The third kappa shape index (κ3) is 2.30. The topological polar surface area (TPSA) is 72.6 Å². The van der Waals surface area contributed by atoms with Crippen molar-refractivity contribution in [3.05, 3.63) is 76.4 Å². The maximum atomic E-state index is 13.8. The maximum absolute atomic E-state index is 13.8. The summed E-state index contributed by atoms with van der Waals surface area (Å²) >= 11 is 0. The van der Waals surface area contributed by atoms with Gasteiger partial charge in [-0.15, -0.1) is 0 Å². The second kappa shape index (κ2) is 6.30. The van der Waals surface area contributed by atoms with Gasteiger partial charge in [0.15, 0.2) is 5.78 Å². The number of carbonyl (C=O) groups is 2. The number of primary amides is 1. The van der Waals surface area contributed by atoms with Gasteiger partial charge in [0.1, 0.15) is 11.9 Å². The summed E-state index contributed by atoms with van der Waals surface area (Å²) in [7, 11) is 2.20. The summed E-state index contributed by atoms with van der Waals surface area (Å²) in [4.78, 5) is 28.2. The molecule has 2 aliphatic carbocycles. The number of amides is 1. The number of ketones is 1. The lowest BCUT2D eigenvalue weighted by molar-refractivity contribution is -0.0137. The molecule has 4 unspecified atom stereocenters. The lowest BCUT2D eigenvalue weighted by atomic mass is 9.51. The Morgan fingerprint density at radius 1 is 1.13 bits per heavy atom. The third-order valence-corrected chi connectivity index (χ3v) is 8.15. The van der Waals surface area contributed by atoms with Gasteiger partial charge in [0.25, 0.3) is 0 Å². The molecule has 1 saturated heterocycles. The van der Waals surface area contributed by atoms with Crippen molar-refractivity contribution in [2.45, 2.75) is 37.3 Å². The second-order valence-corrected chi connectivity index (χ2v) is 9.54. The molecule has 2 aromatic rings. The molecule has 2 N–H and O–H groups in total. The highest BCUT2D eigenvalue weighted by Crippen LogP contribution is 2.62. The number of benzene rings is 2. The van der Waals surface area contributed by atoms with Gasteiger partial charge in [0.2, 0.25) is 5.91 Å². The van der Waals surface area contributed by atoms with Gasteiger partial charge in [-0.3, -0.25) is 9.59 Å². The van der Waals surface area contributed by atoms with Crippen LogP contribution in [0.1, 0.15) is 43.8 Å². The summed E-state index contributed by atoms with van der Waals surface area (Å²) in [6, 6.07) is 11.7. The highest BCUT2D eigenvalue weighted by atomic mass is 16.5. The molecule has 31 heavy (non-hydrogen) atoms. The summed E-state index contributed by atoms with van der Waals surface area (Å²) in [5, 5.41) is 0. The Morgan fingerprint density at radius 3 is 2.68 bits per heavy atom. The number of aryl methyl sites for hydroxylation is 1. The van der Waals surface area contributed by atoms with Crippen molar-refractivity contribution >= 4 is 11.7 Å². The Labute approximate surface area is 181 Å². The van der Waals surface area contributed by atoms with Gasteiger partial charge in [-0.05, 0) is 50.6 Å². The van der Waals surface area contributed by atoms with Crippen LogP contribution in [0.5, 0.6) is 5.75 Å². The zero-order valence-electron chi connectivity index (χ0n) is 17.8. The molecule has 4 aliphatic rings. The molecule has 2 aromatic carbocycles. The van der Waals surface area contributed by atoms with Crippen LogP contribution >= 0.6 is 0 Å². The number of nitrogens with zero attached hydrogens (tertiary/aromatic N) is 1. The molecule has 0 aromatic heterocycles. The van der Waals surface area contributed by atoms with Crippen molar-refractivity contribution in [1.29, 1.82) is 0 Å². The summed E-state index contributed by atoms with van der Waals surface area (Å²) < 4.78 is 6.69. The van der Waals surface area contributed by atoms with Crippen LogP contribution < -0.4 is 10.5 Å². The van der Waals surface area contributed by atoms with E-state index in [4.69, 9.17) is 10.5 Å². The minimum atomic E-state index is -0.578. The van der Waals surface area contributed by atoms with E-state index in [0.717, 1.165) is 30.7 Å². The van der Waals surface area contributed by atoms with Crippen molar-refractivity contribution in [2.75, 3.05) is 13.6 Å². The molecule has 1 spiro atoms. The van der Waals surface area contributed by atoms with Crippen molar-refractivity contribution in [3.63, 3.8) is 0 Å². The molecule has 0 saturated carbocycles. The Kier molecular flexibility index (Phi) is 3.82. The molecular formula is C26H26N2O3. The van der Waals surface area contributed by atoms with E-state index in [1.165, 1.54) is 11.1 Å². The van der Waals surface area contributed by atoms with Gasteiger partial charge in [-0.2, -0.15) is 0 Å². The minimum absolute atomic E-state index is 0.0865. The highest BCUT2D eigenvalue weighted by Gasteiger charge is 2.64. The van der Waals surface area contributed by atoms with Gasteiger partial charge in [0.05, 0.1) is 5.92 Å². The fourth-order valence-corrected chi connectivity index (χ4v) is 6.73. The van der Waals surface area contributed by atoms with Gasteiger partial charge in [-0.25, -0.2) is 0 Å². The van der Waals surface area contributed by atoms with E-state index >= 15 is 0 Å². The first-order chi connectivity index (χ1) is 14.9. The maximum Gasteiger partial charge on any atom is 0.249 e. The van der Waals surface area contributed by atoms with Crippen LogP contribution in [0, 0.1) is 18.8 Å². The summed E-state index contributed by atoms with van der Waals surface area (Å²) in [5.41, 5.74) is 9.86. The summed E-state index contributed by atoms with van der Waals surface area (Å²) in [6.07, 6.45) is 6.00. The summed E-state index contributed by atoms with van der Waals surface area (Å²) in [6.45, 7) is 3.08. The zero-order valence-corrected chi connectivity index (χ0v) is 17.8. The lowest BCUT2D eigenvalue weighted by Gasteiger charge is -2.57. The lowest BCUT2D eigenvalue weighted by Crippen LogP contribution is -2.64. The standard InChI is InChI=1S/C26H26N2O3/c1-14-7-8-15-13-20-19-10-9-18(22(29)16-5-3-4-6-17(16)25(27)30)24-26(19,11-12-28(20)2)21(15)23(14)31-24/h3-10,18-20,24H,11-13H2,1-2H3,(H2,27,30)/t18-,19?,20?,24?,26?/m0/s1. The van der Waals surface area contributed by atoms with Gasteiger partial charge >= 0.3 is 0 Å². The first kappa shape index (κ1) is 18.8. The molecule has 2 heterocycles. The molecule has 5 heteroatoms. The quantitative estimate of drug-likeness (QED) is 0.619. The van der Waals surface area contributed by atoms with E-state index in [2.05, 4.69) is 37.1 Å². The highest BCUT2D eigenvalue weighted by molar-refractivity contribution is 6.09. The molecule has 5 atom stereocenters. The second-order valence-electron chi connectivity index (χ2n) is 9.54. The average molecular weight is 415 g/mol. The number of Topliss-reactive ketones (excluding diaryl/α,β-unsaturated/α-hetero) is 1. The predicted molar refractivity (Wildman–Crippen MR) is 117 cm³/mol. The SMILES string of the molecule is Cc1ccc2c3c1OC1[C@H](C(=O)c4ccccc4C(N)=O)C=CC4C(C2)N(C)CCC341. The van der Waals surface area contributed by atoms with Gasteiger partial charge < -0.3 is 15.4 Å². The summed E-state index contributed by atoms with van der Waals surface area (Å²) in [5.74, 6) is 0.183. The normalized spacial score (nSPS) is 32.3. The molecule has 158 valence electrons. The van der Waals surface area contributed by atoms with Crippen molar-refractivity contribution in [2.24, 2.45) is 17.6 Å². The number of likely N-dealkylation sites (N-methyl/N-ethyl adjacent to an activating group) is 1. The van der Waals surface area contributed by atoms with Crippen molar-refractivity contribution in [1.82, 2.24) is 4.90 Å². The van der Waals surface area contributed by atoms with Crippen LogP contribution in [0.2, 0.25) is 0 Å². The number of nitrogens with two attached hydrogens (primary N) is 1. The molecule has 2 aliphatic heterocycles. The molecule has 1 fully saturated rings. The van der Waals surface area contributed by atoms with E-state index in [0.29, 0.717) is 17.5 Å². The number of carbonyl (C=O) groups excluding carboxylic acids is 2. The van der Waals surface area contributed by atoms with Crippen molar-refractivity contribution < 1.29 is 14.3 Å². The van der Waals surface area contributed by atoms with Crippen LogP contribution in [0.15, 0.2) is 48.6 Å². The van der Waals surface area contributed by atoms with E-state index in [-0.39, 0.29) is 22.9 Å². The molecule has 1 amide bonds. The fourth-order valence-electron chi connectivity index (χ4n) is 6.73. The van der Waals surface area contributed by atoms with Crippen LogP contribution in [0.3, 0.4) is 0 Å². The number of hydrogen-bond acceptors (Lipinski definition) is 4. The first-order valence-corrected chi connectivity index (χ1v) is 11.0. The molecule has 6 rings (SSSR count). The third-order valence-electron chi connectivity index (χ3n) is 8.15. The van der Waals surface area contributed by atoms with Gasteiger partial charge in [-0.1, -0.05) is 42.5 Å². The largest absolute Gasteiger partial charge is 0.488 e. The zero-order chi connectivity index (χ0) is 21.5. The van der Waals surface area contributed by atoms with Crippen molar-refractivity contribution in [3.8, 4) is 5.75 Å². The van der Waals surface area contributed by atoms with Crippen LogP contribution in [0.25, 0.3) is 0 Å². The Morgan fingerprint density at radius 2 is 1.90 bits per heavy atom. The monoisotopic (exact) mass is 414 g/mol. The minimum Gasteiger partial charge on any atom is -0.488 e. The van der Waals surface area contributed by atoms with Gasteiger partial charge in [0, 0.05) is 34.1 Å². The molecule has 0 radical (unpaired) electrons. The van der Waals surface area contributed by atoms with E-state index in [1.54, 1.807) is 24.3 Å². The Hall–Kier alpha value is -2.92. The van der Waals surface area contributed by atoms with Crippen LogP contribution in [-0.2, 0) is 11.8 Å². The van der Waals surface area contributed by atoms with E-state index < -0.39 is 11.8 Å². The molecule has 5 nitrogen and oxygen atoms in total. The van der Waals surface area contributed by atoms with E-state index in [9.17, 15) is 9.59 Å². The Bertz CT molecular complexity index is 1170. The first-order valence-electron chi connectivity index (χ1n) is 11.0. The Balaban J connectivity index is 1.53. The van der Waals surface area contributed by atoms with Crippen LogP contribution in [-0.4, -0.2) is 42.3 Å². The number of rotatable bonds is 3. The number of ether oxygens (including phenoxy) is 1. The fraction of sp³-hybridized carbons (Fsp3) is 0.385. The van der Waals surface area contributed by atoms with Crippen LogP contribution in [0.4, 0.5) is 0 Å². The number of hydrogen-bond donors (Lipinski definition) is 1. The molecule has 2 bridgehead atoms. The molecular weight excluding hydrogens is 388 g/mol.